The number of halogens is 2. The first kappa shape index (κ1) is 21.0. The summed E-state index contributed by atoms with van der Waals surface area (Å²) in [4.78, 5) is 0. The van der Waals surface area contributed by atoms with Crippen molar-refractivity contribution in [2.75, 3.05) is 13.7 Å². The first-order valence-corrected chi connectivity index (χ1v) is 10.5. The van der Waals surface area contributed by atoms with Gasteiger partial charge in [0.05, 0.1) is 17.2 Å². The Labute approximate surface area is 177 Å². The van der Waals surface area contributed by atoms with Crippen molar-refractivity contribution in [1.82, 2.24) is 5.32 Å². The average molecular weight is 420 g/mol. The second-order valence-electron chi connectivity index (χ2n) is 7.02. The average Bonchev–Trinajstić information content (AvgIpc) is 2.73. The van der Waals surface area contributed by atoms with Crippen LogP contribution in [0.4, 0.5) is 0 Å². The molecule has 0 atom stereocenters. The minimum Gasteiger partial charge on any atom is -0.493 e. The van der Waals surface area contributed by atoms with Crippen LogP contribution in [0.15, 0.2) is 48.0 Å². The van der Waals surface area contributed by atoms with Gasteiger partial charge in [0.2, 0.25) is 0 Å². The highest BCUT2D eigenvalue weighted by molar-refractivity contribution is 6.42. The highest BCUT2D eigenvalue weighted by Gasteiger charge is 2.12. The van der Waals surface area contributed by atoms with Gasteiger partial charge in [-0.3, -0.25) is 0 Å². The van der Waals surface area contributed by atoms with E-state index in [-0.39, 0.29) is 0 Å². The van der Waals surface area contributed by atoms with Crippen LogP contribution in [0, 0.1) is 0 Å². The molecule has 3 nitrogen and oxygen atoms in total. The van der Waals surface area contributed by atoms with E-state index in [0.29, 0.717) is 16.7 Å². The lowest BCUT2D eigenvalue weighted by Crippen LogP contribution is -2.16. The second-order valence-corrected chi connectivity index (χ2v) is 7.83. The topological polar surface area (TPSA) is 30.5 Å². The Morgan fingerprint density at radius 3 is 2.71 bits per heavy atom. The van der Waals surface area contributed by atoms with Gasteiger partial charge in [0.15, 0.2) is 11.5 Å². The molecule has 0 fully saturated rings. The Kier molecular flexibility index (Phi) is 8.08. The third-order valence-corrected chi connectivity index (χ3v) is 5.71. The molecule has 0 bridgehead atoms. The zero-order valence-corrected chi connectivity index (χ0v) is 17.8. The number of methoxy groups -OCH3 is 1. The van der Waals surface area contributed by atoms with E-state index in [1.165, 1.54) is 25.7 Å². The molecule has 3 rings (SSSR count). The highest BCUT2D eigenvalue weighted by Crippen LogP contribution is 2.32. The second kappa shape index (κ2) is 10.8. The summed E-state index contributed by atoms with van der Waals surface area (Å²) in [5.74, 6) is 1.50. The lowest BCUT2D eigenvalue weighted by Gasteiger charge is -2.17. The molecule has 0 spiro atoms. The fourth-order valence-corrected chi connectivity index (χ4v) is 3.73. The molecule has 0 amide bonds. The number of nitrogens with one attached hydrogen (secondary N) is 1. The van der Waals surface area contributed by atoms with Gasteiger partial charge in [-0.05, 0) is 62.4 Å². The number of hydrogen-bond acceptors (Lipinski definition) is 3. The van der Waals surface area contributed by atoms with Crippen molar-refractivity contribution in [3.8, 4) is 11.5 Å². The van der Waals surface area contributed by atoms with E-state index in [1.54, 1.807) is 18.7 Å². The molecule has 2 aromatic rings. The number of rotatable bonds is 9. The van der Waals surface area contributed by atoms with Crippen LogP contribution >= 0.6 is 23.2 Å². The summed E-state index contributed by atoms with van der Waals surface area (Å²) in [6.07, 6.45) is 8.66. The molecule has 1 aliphatic rings. The summed E-state index contributed by atoms with van der Waals surface area (Å²) in [5, 5.41) is 4.61. The molecule has 0 saturated heterocycles. The summed E-state index contributed by atoms with van der Waals surface area (Å²) >= 11 is 12.1. The molecule has 28 heavy (non-hydrogen) atoms. The zero-order chi connectivity index (χ0) is 19.8. The standard InChI is InChI=1S/C23H27Cl2NO2/c1-27-22-9-5-8-19(15-26-13-12-17-6-3-2-4-7-17)23(22)28-16-18-10-11-20(24)21(25)14-18/h5-6,8-11,14,26H,2-4,7,12-13,15-16H2,1H3. The zero-order valence-electron chi connectivity index (χ0n) is 16.3. The molecule has 0 aromatic heterocycles. The van der Waals surface area contributed by atoms with Crippen molar-refractivity contribution in [2.24, 2.45) is 0 Å². The Morgan fingerprint density at radius 1 is 1.07 bits per heavy atom. The van der Waals surface area contributed by atoms with Gasteiger partial charge >= 0.3 is 0 Å². The predicted octanol–water partition coefficient (Wildman–Crippen LogP) is 6.56. The largest absolute Gasteiger partial charge is 0.493 e. The minimum atomic E-state index is 0.400. The third-order valence-electron chi connectivity index (χ3n) is 4.97. The SMILES string of the molecule is COc1cccc(CNCCC2=CCCCC2)c1OCc1ccc(Cl)c(Cl)c1. The lowest BCUT2D eigenvalue weighted by molar-refractivity contribution is 0.280. The van der Waals surface area contributed by atoms with Crippen molar-refractivity contribution in [3.63, 3.8) is 0 Å². The van der Waals surface area contributed by atoms with Crippen molar-refractivity contribution in [3.05, 3.63) is 69.2 Å². The van der Waals surface area contributed by atoms with E-state index >= 15 is 0 Å². The number of ether oxygens (including phenoxy) is 2. The summed E-state index contributed by atoms with van der Waals surface area (Å²) in [6.45, 7) is 2.10. The lowest BCUT2D eigenvalue weighted by atomic mass is 9.97. The van der Waals surface area contributed by atoms with E-state index < -0.39 is 0 Å². The monoisotopic (exact) mass is 419 g/mol. The molecule has 1 aliphatic carbocycles. The van der Waals surface area contributed by atoms with Crippen molar-refractivity contribution in [1.29, 1.82) is 0 Å². The van der Waals surface area contributed by atoms with E-state index in [9.17, 15) is 0 Å². The normalized spacial score (nSPS) is 13.9. The summed E-state index contributed by atoms with van der Waals surface area (Å²) in [7, 11) is 1.66. The van der Waals surface area contributed by atoms with Gasteiger partial charge in [-0.25, -0.2) is 0 Å². The van der Waals surface area contributed by atoms with E-state index in [1.807, 2.05) is 24.3 Å². The Balaban J connectivity index is 1.60. The third kappa shape index (κ3) is 5.91. The molecule has 0 heterocycles. The molecule has 5 heteroatoms. The van der Waals surface area contributed by atoms with Gasteiger partial charge in [-0.2, -0.15) is 0 Å². The van der Waals surface area contributed by atoms with Crippen LogP contribution in [-0.2, 0) is 13.2 Å². The van der Waals surface area contributed by atoms with Gasteiger partial charge < -0.3 is 14.8 Å². The fourth-order valence-electron chi connectivity index (χ4n) is 3.41. The maximum absolute atomic E-state index is 6.11. The van der Waals surface area contributed by atoms with Gasteiger partial charge in [0.1, 0.15) is 6.61 Å². The Bertz CT molecular complexity index is 820. The van der Waals surface area contributed by atoms with Crippen molar-refractivity contribution < 1.29 is 9.47 Å². The highest BCUT2D eigenvalue weighted by atomic mass is 35.5. The number of allylic oxidation sites excluding steroid dienone is 1. The quantitative estimate of drug-likeness (QED) is 0.368. The smallest absolute Gasteiger partial charge is 0.166 e. The van der Waals surface area contributed by atoms with E-state index in [0.717, 1.165) is 42.1 Å². The minimum absolute atomic E-state index is 0.400. The number of para-hydroxylation sites is 1. The summed E-state index contributed by atoms with van der Waals surface area (Å²) in [6, 6.07) is 11.5. The molecule has 1 N–H and O–H groups in total. The Morgan fingerprint density at radius 2 is 1.96 bits per heavy atom. The molecule has 0 saturated carbocycles. The fraction of sp³-hybridized carbons (Fsp3) is 0.391. The number of hydrogen-bond donors (Lipinski definition) is 1. The first-order chi connectivity index (χ1) is 13.7. The van der Waals surface area contributed by atoms with Crippen LogP contribution in [0.1, 0.15) is 43.2 Å². The van der Waals surface area contributed by atoms with Gasteiger partial charge in [0.25, 0.3) is 0 Å². The van der Waals surface area contributed by atoms with E-state index in [4.69, 9.17) is 32.7 Å². The van der Waals surface area contributed by atoms with Gasteiger partial charge in [0, 0.05) is 12.1 Å². The van der Waals surface area contributed by atoms with Crippen LogP contribution in [0.5, 0.6) is 11.5 Å². The first-order valence-electron chi connectivity index (χ1n) is 9.78. The molecule has 0 unspecified atom stereocenters. The molecule has 0 radical (unpaired) electrons. The van der Waals surface area contributed by atoms with Crippen LogP contribution in [-0.4, -0.2) is 13.7 Å². The molecular weight excluding hydrogens is 393 g/mol. The van der Waals surface area contributed by atoms with Crippen LogP contribution in [0.25, 0.3) is 0 Å². The van der Waals surface area contributed by atoms with Crippen molar-refractivity contribution in [2.45, 2.75) is 45.3 Å². The summed E-state index contributed by atoms with van der Waals surface area (Å²) < 4.78 is 11.6. The number of benzene rings is 2. The molecular formula is C23H27Cl2NO2. The molecule has 2 aromatic carbocycles. The van der Waals surface area contributed by atoms with Crippen LogP contribution < -0.4 is 14.8 Å². The predicted molar refractivity (Wildman–Crippen MR) is 117 cm³/mol. The van der Waals surface area contributed by atoms with Gasteiger partial charge in [-0.15, -0.1) is 0 Å². The van der Waals surface area contributed by atoms with Crippen LogP contribution in [0.3, 0.4) is 0 Å². The Hall–Kier alpha value is -1.68. The van der Waals surface area contributed by atoms with Crippen LogP contribution in [0.2, 0.25) is 10.0 Å². The summed E-state index contributed by atoms with van der Waals surface area (Å²) in [5.41, 5.74) is 3.63. The molecule has 0 aliphatic heterocycles. The van der Waals surface area contributed by atoms with E-state index in [2.05, 4.69) is 17.5 Å². The van der Waals surface area contributed by atoms with Crippen molar-refractivity contribution >= 4 is 23.2 Å². The van der Waals surface area contributed by atoms with Gasteiger partial charge in [-0.1, -0.05) is 53.1 Å². The molecule has 150 valence electrons. The maximum Gasteiger partial charge on any atom is 0.166 e. The maximum atomic E-state index is 6.11.